The van der Waals surface area contributed by atoms with E-state index in [1.165, 1.54) is 6.08 Å². The van der Waals surface area contributed by atoms with Crippen molar-refractivity contribution in [2.75, 3.05) is 11.4 Å². The van der Waals surface area contributed by atoms with Crippen molar-refractivity contribution in [3.8, 4) is 0 Å². The Hall–Kier alpha value is -2.39. The average molecular weight is 326 g/mol. The van der Waals surface area contributed by atoms with Crippen molar-refractivity contribution in [3.05, 3.63) is 70.8 Å². The monoisotopic (exact) mass is 325 g/mol. The number of halogens is 1. The number of benzene rings is 2. The Balaban J connectivity index is 1.80. The summed E-state index contributed by atoms with van der Waals surface area (Å²) in [5.74, 6) is -0.000348. The first-order chi connectivity index (χ1) is 11.1. The maximum Gasteiger partial charge on any atom is 0.227 e. The van der Waals surface area contributed by atoms with Gasteiger partial charge in [0.25, 0.3) is 0 Å². The first-order valence-electron chi connectivity index (χ1n) is 7.52. The lowest BCUT2D eigenvalue weighted by Gasteiger charge is -2.16. The van der Waals surface area contributed by atoms with E-state index < -0.39 is 0 Å². The highest BCUT2D eigenvalue weighted by Gasteiger charge is 2.21. The summed E-state index contributed by atoms with van der Waals surface area (Å²) in [4.78, 5) is 25.9. The van der Waals surface area contributed by atoms with Gasteiger partial charge in [0.05, 0.1) is 0 Å². The molecule has 1 fully saturated rings. The molecule has 0 aromatic heterocycles. The molecule has 0 unspecified atom stereocenters. The molecule has 1 amide bonds. The SMILES string of the molecule is O=C(C=Cc1ccccc1Cl)c1cccc(N2CCCC2=O)c1. The molecule has 3 rings (SSSR count). The first-order valence-corrected chi connectivity index (χ1v) is 7.90. The number of carbonyl (C=O) groups excluding carboxylic acids is 2. The van der Waals surface area contributed by atoms with Crippen LogP contribution in [0.15, 0.2) is 54.6 Å². The molecule has 4 heteroatoms. The van der Waals surface area contributed by atoms with Gasteiger partial charge in [0.1, 0.15) is 0 Å². The van der Waals surface area contributed by atoms with E-state index in [9.17, 15) is 9.59 Å². The fraction of sp³-hybridized carbons (Fsp3) is 0.158. The van der Waals surface area contributed by atoms with Crippen LogP contribution in [0.4, 0.5) is 5.69 Å². The van der Waals surface area contributed by atoms with Gasteiger partial charge in [-0.25, -0.2) is 0 Å². The highest BCUT2D eigenvalue weighted by atomic mass is 35.5. The summed E-state index contributed by atoms with van der Waals surface area (Å²) < 4.78 is 0. The number of rotatable bonds is 4. The smallest absolute Gasteiger partial charge is 0.227 e. The Bertz CT molecular complexity index is 782. The van der Waals surface area contributed by atoms with E-state index in [-0.39, 0.29) is 11.7 Å². The van der Waals surface area contributed by atoms with Crippen LogP contribution in [-0.4, -0.2) is 18.2 Å². The lowest BCUT2D eigenvalue weighted by atomic mass is 10.1. The molecule has 0 N–H and O–H groups in total. The zero-order valence-corrected chi connectivity index (χ0v) is 13.3. The summed E-state index contributed by atoms with van der Waals surface area (Å²) in [6, 6.07) is 14.5. The fourth-order valence-electron chi connectivity index (χ4n) is 2.62. The van der Waals surface area contributed by atoms with Crippen molar-refractivity contribution in [2.24, 2.45) is 0 Å². The minimum Gasteiger partial charge on any atom is -0.312 e. The molecule has 23 heavy (non-hydrogen) atoms. The van der Waals surface area contributed by atoms with Gasteiger partial charge in [-0.2, -0.15) is 0 Å². The Morgan fingerprint density at radius 2 is 1.96 bits per heavy atom. The number of hydrogen-bond acceptors (Lipinski definition) is 2. The molecule has 1 aliphatic rings. The van der Waals surface area contributed by atoms with E-state index in [1.54, 1.807) is 35.2 Å². The minimum absolute atomic E-state index is 0.112. The summed E-state index contributed by atoms with van der Waals surface area (Å²) in [5.41, 5.74) is 2.14. The second kappa shape index (κ2) is 6.80. The number of allylic oxidation sites excluding steroid dienone is 1. The van der Waals surface area contributed by atoms with Crippen LogP contribution in [0.1, 0.15) is 28.8 Å². The molecule has 0 saturated carbocycles. The number of nitrogens with zero attached hydrogens (tertiary/aromatic N) is 1. The van der Waals surface area contributed by atoms with Gasteiger partial charge >= 0.3 is 0 Å². The molecule has 1 saturated heterocycles. The quantitative estimate of drug-likeness (QED) is 0.618. The maximum atomic E-state index is 12.3. The molecule has 2 aromatic rings. The summed E-state index contributed by atoms with van der Waals surface area (Å²) in [7, 11) is 0. The molecular weight excluding hydrogens is 310 g/mol. The molecule has 116 valence electrons. The highest BCUT2D eigenvalue weighted by Crippen LogP contribution is 2.23. The van der Waals surface area contributed by atoms with Crippen LogP contribution in [0.2, 0.25) is 5.02 Å². The third kappa shape index (κ3) is 3.51. The van der Waals surface area contributed by atoms with Gasteiger partial charge in [-0.05, 0) is 42.3 Å². The molecule has 0 aliphatic carbocycles. The van der Waals surface area contributed by atoms with E-state index in [1.807, 2.05) is 24.3 Å². The van der Waals surface area contributed by atoms with Crippen LogP contribution in [0.5, 0.6) is 0 Å². The number of ketones is 1. The standard InChI is InChI=1S/C19H16ClNO2/c20-17-8-2-1-5-14(17)10-11-18(22)15-6-3-7-16(13-15)21-12-4-9-19(21)23/h1-3,5-8,10-11,13H,4,9,12H2. The zero-order valence-electron chi connectivity index (χ0n) is 12.5. The molecule has 0 spiro atoms. The van der Waals surface area contributed by atoms with Crippen molar-refractivity contribution in [1.82, 2.24) is 0 Å². The van der Waals surface area contributed by atoms with Gasteiger partial charge in [0.2, 0.25) is 5.91 Å². The molecule has 2 aromatic carbocycles. The molecule has 0 bridgehead atoms. The molecule has 0 radical (unpaired) electrons. The highest BCUT2D eigenvalue weighted by molar-refractivity contribution is 6.32. The van der Waals surface area contributed by atoms with Gasteiger partial charge in [-0.15, -0.1) is 0 Å². The summed E-state index contributed by atoms with van der Waals surface area (Å²) in [5, 5.41) is 0.605. The van der Waals surface area contributed by atoms with Crippen molar-refractivity contribution in [1.29, 1.82) is 0 Å². The van der Waals surface area contributed by atoms with Gasteiger partial charge in [0.15, 0.2) is 5.78 Å². The largest absolute Gasteiger partial charge is 0.312 e. The van der Waals surface area contributed by atoms with Crippen molar-refractivity contribution in [2.45, 2.75) is 12.8 Å². The Morgan fingerprint density at radius 1 is 1.13 bits per heavy atom. The van der Waals surface area contributed by atoms with Crippen LogP contribution in [0.25, 0.3) is 6.08 Å². The zero-order chi connectivity index (χ0) is 16.2. The van der Waals surface area contributed by atoms with E-state index in [2.05, 4.69) is 0 Å². The van der Waals surface area contributed by atoms with Crippen LogP contribution >= 0.6 is 11.6 Å². The summed E-state index contributed by atoms with van der Waals surface area (Å²) in [6.07, 6.45) is 4.65. The lowest BCUT2D eigenvalue weighted by molar-refractivity contribution is -0.117. The van der Waals surface area contributed by atoms with Crippen molar-refractivity contribution >= 4 is 35.1 Å². The first kappa shape index (κ1) is 15.5. The number of carbonyl (C=O) groups is 2. The third-order valence-corrected chi connectivity index (χ3v) is 4.18. The fourth-order valence-corrected chi connectivity index (χ4v) is 2.82. The average Bonchev–Trinajstić information content (AvgIpc) is 3.00. The van der Waals surface area contributed by atoms with E-state index in [4.69, 9.17) is 11.6 Å². The summed E-state index contributed by atoms with van der Waals surface area (Å²) in [6.45, 7) is 0.714. The normalized spacial score (nSPS) is 14.7. The Labute approximate surface area is 140 Å². The van der Waals surface area contributed by atoms with E-state index in [0.29, 0.717) is 23.6 Å². The van der Waals surface area contributed by atoms with Crippen molar-refractivity contribution in [3.63, 3.8) is 0 Å². The summed E-state index contributed by atoms with van der Waals surface area (Å²) >= 11 is 6.07. The van der Waals surface area contributed by atoms with E-state index >= 15 is 0 Å². The van der Waals surface area contributed by atoms with Crippen LogP contribution < -0.4 is 4.90 Å². The van der Waals surface area contributed by atoms with Crippen molar-refractivity contribution < 1.29 is 9.59 Å². The maximum absolute atomic E-state index is 12.3. The molecule has 0 atom stereocenters. The van der Waals surface area contributed by atoms with Gasteiger partial charge in [-0.3, -0.25) is 9.59 Å². The van der Waals surface area contributed by atoms with Crippen LogP contribution in [0, 0.1) is 0 Å². The molecule has 1 aliphatic heterocycles. The number of anilines is 1. The van der Waals surface area contributed by atoms with E-state index in [0.717, 1.165) is 17.7 Å². The topological polar surface area (TPSA) is 37.4 Å². The number of hydrogen-bond donors (Lipinski definition) is 0. The number of amides is 1. The predicted molar refractivity (Wildman–Crippen MR) is 92.8 cm³/mol. The van der Waals surface area contributed by atoms with Gasteiger partial charge in [0, 0.05) is 29.2 Å². The Morgan fingerprint density at radius 3 is 2.70 bits per heavy atom. The van der Waals surface area contributed by atoms with Gasteiger partial charge < -0.3 is 4.90 Å². The van der Waals surface area contributed by atoms with Crippen LogP contribution in [-0.2, 0) is 4.79 Å². The predicted octanol–water partition coefficient (Wildman–Crippen LogP) is 4.36. The second-order valence-electron chi connectivity index (χ2n) is 5.42. The van der Waals surface area contributed by atoms with Gasteiger partial charge in [-0.1, -0.05) is 41.9 Å². The second-order valence-corrected chi connectivity index (χ2v) is 5.83. The Kier molecular flexibility index (Phi) is 4.58. The van der Waals surface area contributed by atoms with Crippen LogP contribution in [0.3, 0.4) is 0 Å². The molecule has 1 heterocycles. The molecular formula is C19H16ClNO2. The lowest BCUT2D eigenvalue weighted by Crippen LogP contribution is -2.23. The third-order valence-electron chi connectivity index (χ3n) is 3.84. The minimum atomic E-state index is -0.113. The molecule has 3 nitrogen and oxygen atoms in total.